The van der Waals surface area contributed by atoms with E-state index in [1.54, 1.807) is 41.2 Å². The Morgan fingerprint density at radius 3 is 2.48 bits per heavy atom. The molecule has 0 radical (unpaired) electrons. The molecule has 0 aliphatic rings. The van der Waals surface area contributed by atoms with E-state index < -0.39 is 0 Å². The summed E-state index contributed by atoms with van der Waals surface area (Å²) in [6.07, 6.45) is 1.62. The number of thiazole rings is 1. The van der Waals surface area contributed by atoms with Gasteiger partial charge in [0, 0.05) is 21.5 Å². The van der Waals surface area contributed by atoms with E-state index in [1.807, 2.05) is 12.3 Å². The number of aromatic hydroxyl groups is 1. The summed E-state index contributed by atoms with van der Waals surface area (Å²) in [6.45, 7) is 6.29. The van der Waals surface area contributed by atoms with E-state index in [2.05, 4.69) is 16.7 Å². The minimum absolute atomic E-state index is 0.0751. The molecule has 3 rings (SSSR count). The average molecular weight is 478 g/mol. The third kappa shape index (κ3) is 5.31. The zero-order valence-corrected chi connectivity index (χ0v) is 19.6. The molecule has 0 saturated carbocycles. The van der Waals surface area contributed by atoms with Gasteiger partial charge in [0.1, 0.15) is 0 Å². The van der Waals surface area contributed by atoms with Gasteiger partial charge in [-0.2, -0.15) is 5.10 Å². The Morgan fingerprint density at radius 1 is 1.19 bits per heavy atom. The van der Waals surface area contributed by atoms with E-state index in [1.165, 1.54) is 25.6 Å². The molecule has 1 N–H and O–H groups in total. The largest absolute Gasteiger partial charge is 0.502 e. The molecule has 31 heavy (non-hydrogen) atoms. The summed E-state index contributed by atoms with van der Waals surface area (Å²) in [5.74, 6) is 0.483. The van der Waals surface area contributed by atoms with Crippen LogP contribution in [0.25, 0.3) is 11.3 Å². The molecule has 2 aromatic carbocycles. The van der Waals surface area contributed by atoms with Gasteiger partial charge in [0.2, 0.25) is 10.6 Å². The van der Waals surface area contributed by atoms with Crippen LogP contribution in [0.1, 0.15) is 12.5 Å². The normalized spacial score (nSPS) is 11.8. The van der Waals surface area contributed by atoms with E-state index in [0.29, 0.717) is 27.0 Å². The molecule has 0 bridgehead atoms. The van der Waals surface area contributed by atoms with Crippen LogP contribution in [0.3, 0.4) is 0 Å². The maximum absolute atomic E-state index is 10.1. The third-order valence-electron chi connectivity index (χ3n) is 4.20. The predicted octanol–water partition coefficient (Wildman–Crippen LogP) is 5.61. The van der Waals surface area contributed by atoms with Crippen LogP contribution in [0.4, 0.5) is 0 Å². The van der Waals surface area contributed by atoms with Crippen LogP contribution in [-0.2, 0) is 0 Å². The molecule has 3 aromatic rings. The lowest BCUT2D eigenvalue weighted by Gasteiger charge is -2.09. The molecule has 6 nitrogen and oxygen atoms in total. The Hall–Kier alpha value is -2.74. The maximum Gasteiger partial charge on any atom is 0.206 e. The van der Waals surface area contributed by atoms with Crippen LogP contribution in [-0.4, -0.2) is 36.8 Å². The van der Waals surface area contributed by atoms with Crippen LogP contribution < -0.4 is 14.3 Å². The number of phenols is 1. The predicted molar refractivity (Wildman–Crippen MR) is 127 cm³/mol. The number of benzene rings is 2. The van der Waals surface area contributed by atoms with Crippen molar-refractivity contribution in [3.8, 4) is 28.5 Å². The molecule has 0 amide bonds. The van der Waals surface area contributed by atoms with Gasteiger partial charge >= 0.3 is 0 Å². The summed E-state index contributed by atoms with van der Waals surface area (Å²) in [6, 6.07) is 8.57. The smallest absolute Gasteiger partial charge is 0.206 e. The van der Waals surface area contributed by atoms with E-state index >= 15 is 0 Å². The Labute approximate surface area is 194 Å². The Balaban J connectivity index is 2.15. The lowest BCUT2D eigenvalue weighted by Crippen LogP contribution is -2.13. The Bertz CT molecular complexity index is 1190. The lowest BCUT2D eigenvalue weighted by atomic mass is 10.2. The minimum atomic E-state index is -0.0751. The van der Waals surface area contributed by atoms with E-state index in [-0.39, 0.29) is 17.2 Å². The molecule has 162 valence electrons. The average Bonchev–Trinajstić information content (AvgIpc) is 3.15. The summed E-state index contributed by atoms with van der Waals surface area (Å²) in [4.78, 5) is 5.27. The molecule has 0 atom stereocenters. The molecule has 0 aliphatic carbocycles. The lowest BCUT2D eigenvalue weighted by molar-refractivity contribution is 0.340. The number of rotatable bonds is 7. The number of aromatic nitrogens is 1. The van der Waals surface area contributed by atoms with Crippen molar-refractivity contribution in [2.75, 3.05) is 20.8 Å². The first-order valence-corrected chi connectivity index (χ1v) is 10.8. The number of halogens is 2. The molecule has 0 fully saturated rings. The van der Waals surface area contributed by atoms with Gasteiger partial charge in [0.25, 0.3) is 0 Å². The second-order valence-electron chi connectivity index (χ2n) is 6.63. The highest BCUT2D eigenvalue weighted by atomic mass is 35.5. The standard InChI is InChI=1S/C22H21Cl2N3O3S/c1-13(2)10-25-22-27(18(12-31-22)16-9-15(23)5-6-17(16)24)26-11-14-7-19(29-3)21(28)20(8-14)30-4/h5-9,11-12,28H,1,10H2,2-4H3. The van der Waals surface area contributed by atoms with Gasteiger partial charge < -0.3 is 14.6 Å². The van der Waals surface area contributed by atoms with Crippen molar-refractivity contribution in [1.29, 1.82) is 0 Å². The monoisotopic (exact) mass is 477 g/mol. The first kappa shape index (κ1) is 22.9. The first-order chi connectivity index (χ1) is 14.8. The van der Waals surface area contributed by atoms with Crippen LogP contribution >= 0.6 is 34.5 Å². The van der Waals surface area contributed by atoms with Crippen LogP contribution in [0.15, 0.2) is 58.0 Å². The molecule has 0 saturated heterocycles. The van der Waals surface area contributed by atoms with E-state index in [9.17, 15) is 5.11 Å². The SMILES string of the molecule is C=C(C)CN=c1scc(-c2cc(Cl)ccc2Cl)n1N=Cc1cc(OC)c(O)c(OC)c1. The van der Waals surface area contributed by atoms with E-state index in [4.69, 9.17) is 32.7 Å². The number of hydrogen-bond acceptors (Lipinski definition) is 6. The van der Waals surface area contributed by atoms with Gasteiger partial charge in [-0.05, 0) is 37.3 Å². The van der Waals surface area contributed by atoms with Gasteiger partial charge in [-0.25, -0.2) is 4.68 Å². The summed E-state index contributed by atoms with van der Waals surface area (Å²) >= 11 is 14.1. The quantitative estimate of drug-likeness (QED) is 0.355. The Morgan fingerprint density at radius 2 is 1.87 bits per heavy atom. The van der Waals surface area contributed by atoms with Crippen molar-refractivity contribution in [3.05, 3.63) is 68.3 Å². The van der Waals surface area contributed by atoms with Crippen LogP contribution in [0.2, 0.25) is 10.0 Å². The highest BCUT2D eigenvalue weighted by molar-refractivity contribution is 7.07. The topological polar surface area (TPSA) is 68.3 Å². The summed E-state index contributed by atoms with van der Waals surface area (Å²) in [5.41, 5.74) is 3.07. The molecule has 9 heteroatoms. The molecule has 0 spiro atoms. The summed E-state index contributed by atoms with van der Waals surface area (Å²) in [5, 5.41) is 17.8. The summed E-state index contributed by atoms with van der Waals surface area (Å²) in [7, 11) is 2.94. The number of phenolic OH excluding ortho intramolecular Hbond substituents is 1. The summed E-state index contributed by atoms with van der Waals surface area (Å²) < 4.78 is 12.1. The molecule has 1 aromatic heterocycles. The van der Waals surface area contributed by atoms with Crippen LogP contribution in [0, 0.1) is 0 Å². The fraction of sp³-hybridized carbons (Fsp3) is 0.182. The van der Waals surface area contributed by atoms with Crippen molar-refractivity contribution in [2.24, 2.45) is 10.1 Å². The molecular formula is C22H21Cl2N3O3S. The zero-order valence-electron chi connectivity index (χ0n) is 17.2. The molecular weight excluding hydrogens is 457 g/mol. The van der Waals surface area contributed by atoms with Gasteiger partial charge in [0.15, 0.2) is 11.5 Å². The number of hydrogen-bond donors (Lipinski definition) is 1. The van der Waals surface area contributed by atoms with Gasteiger partial charge in [0.05, 0.1) is 37.7 Å². The second kappa shape index (κ2) is 10.0. The van der Waals surface area contributed by atoms with Crippen molar-refractivity contribution >= 4 is 40.8 Å². The van der Waals surface area contributed by atoms with Gasteiger partial charge in [-0.1, -0.05) is 35.4 Å². The van der Waals surface area contributed by atoms with Crippen molar-refractivity contribution in [2.45, 2.75) is 6.92 Å². The van der Waals surface area contributed by atoms with Gasteiger partial charge in [-0.15, -0.1) is 11.3 Å². The zero-order chi connectivity index (χ0) is 22.5. The maximum atomic E-state index is 10.1. The van der Waals surface area contributed by atoms with Crippen molar-refractivity contribution < 1.29 is 14.6 Å². The highest BCUT2D eigenvalue weighted by Gasteiger charge is 2.13. The second-order valence-corrected chi connectivity index (χ2v) is 8.31. The van der Waals surface area contributed by atoms with Crippen LogP contribution in [0.5, 0.6) is 17.2 Å². The fourth-order valence-electron chi connectivity index (χ4n) is 2.71. The fourth-order valence-corrected chi connectivity index (χ4v) is 3.93. The first-order valence-electron chi connectivity index (χ1n) is 9.14. The number of nitrogens with zero attached hydrogens (tertiary/aromatic N) is 3. The van der Waals surface area contributed by atoms with Gasteiger partial charge in [-0.3, -0.25) is 4.99 Å². The minimum Gasteiger partial charge on any atom is -0.502 e. The molecule has 0 aliphatic heterocycles. The third-order valence-corrected chi connectivity index (χ3v) is 5.62. The molecule has 0 unspecified atom stereocenters. The number of ether oxygens (including phenoxy) is 2. The van der Waals surface area contributed by atoms with Crippen molar-refractivity contribution in [1.82, 2.24) is 4.68 Å². The Kier molecular flexibility index (Phi) is 7.43. The molecule has 1 heterocycles. The van der Waals surface area contributed by atoms with E-state index in [0.717, 1.165) is 16.8 Å². The van der Waals surface area contributed by atoms with Crippen molar-refractivity contribution in [3.63, 3.8) is 0 Å². The number of methoxy groups -OCH3 is 2. The highest BCUT2D eigenvalue weighted by Crippen LogP contribution is 2.36.